The third-order valence-electron chi connectivity index (χ3n) is 3.39. The molecule has 2 aromatic heterocycles. The summed E-state index contributed by atoms with van der Waals surface area (Å²) in [7, 11) is -1.42. The first kappa shape index (κ1) is 16.1. The van der Waals surface area contributed by atoms with Crippen molar-refractivity contribution in [1.82, 2.24) is 4.98 Å². The number of hydrogen-bond acceptors (Lipinski definition) is 5. The molecule has 0 spiro atoms. The standard InChI is InChI=1S/C16H21NO2S2Si/c1-11-17-12(10-20-11)5-6-13-9-14(15-18-7-8-19-15)16(21-13)22(2,3)4/h5-6,9-10,15H,7-8H2,1-4H3. The quantitative estimate of drug-likeness (QED) is 0.771. The smallest absolute Gasteiger partial charge is 0.184 e. The molecule has 0 aliphatic carbocycles. The predicted octanol–water partition coefficient (Wildman–Crippen LogP) is 4.27. The molecule has 0 aromatic carbocycles. The molecule has 118 valence electrons. The zero-order chi connectivity index (χ0) is 15.7. The van der Waals surface area contributed by atoms with Gasteiger partial charge in [-0.1, -0.05) is 19.6 Å². The number of rotatable bonds is 4. The minimum absolute atomic E-state index is 0.179. The lowest BCUT2D eigenvalue weighted by atomic mass is 10.3. The third kappa shape index (κ3) is 3.57. The van der Waals surface area contributed by atoms with Crippen molar-refractivity contribution in [3.8, 4) is 0 Å². The lowest BCUT2D eigenvalue weighted by Gasteiger charge is -2.19. The van der Waals surface area contributed by atoms with E-state index in [1.807, 2.05) is 18.3 Å². The maximum Gasteiger partial charge on any atom is 0.184 e. The monoisotopic (exact) mass is 351 g/mol. The summed E-state index contributed by atoms with van der Waals surface area (Å²) in [6.07, 6.45) is 4.06. The Morgan fingerprint density at radius 3 is 2.55 bits per heavy atom. The first-order valence-electron chi connectivity index (χ1n) is 7.41. The lowest BCUT2D eigenvalue weighted by Crippen LogP contribution is -2.38. The maximum atomic E-state index is 5.73. The van der Waals surface area contributed by atoms with Gasteiger partial charge in [0.1, 0.15) is 0 Å². The van der Waals surface area contributed by atoms with Gasteiger partial charge < -0.3 is 9.47 Å². The Morgan fingerprint density at radius 2 is 1.95 bits per heavy atom. The van der Waals surface area contributed by atoms with E-state index in [0.29, 0.717) is 13.2 Å². The fourth-order valence-corrected chi connectivity index (χ4v) is 6.48. The largest absolute Gasteiger partial charge is 0.346 e. The highest BCUT2D eigenvalue weighted by Gasteiger charge is 2.30. The van der Waals surface area contributed by atoms with E-state index in [-0.39, 0.29) is 6.29 Å². The van der Waals surface area contributed by atoms with Crippen LogP contribution in [0.1, 0.15) is 27.4 Å². The average molecular weight is 352 g/mol. The molecule has 6 heteroatoms. The van der Waals surface area contributed by atoms with Crippen molar-refractivity contribution in [2.45, 2.75) is 32.9 Å². The number of aryl methyl sites for hydroxylation is 1. The van der Waals surface area contributed by atoms with E-state index in [2.05, 4.69) is 48.2 Å². The van der Waals surface area contributed by atoms with Gasteiger partial charge in [-0.15, -0.1) is 22.7 Å². The summed E-state index contributed by atoms with van der Waals surface area (Å²) in [5.41, 5.74) is 2.26. The van der Waals surface area contributed by atoms with Gasteiger partial charge in [0.25, 0.3) is 0 Å². The molecular formula is C16H21NO2S2Si. The molecule has 0 saturated carbocycles. The minimum Gasteiger partial charge on any atom is -0.346 e. The molecule has 3 heterocycles. The summed E-state index contributed by atoms with van der Waals surface area (Å²) in [6.45, 7) is 10.5. The molecule has 1 aliphatic heterocycles. The maximum absolute atomic E-state index is 5.73. The molecule has 1 saturated heterocycles. The number of hydrogen-bond donors (Lipinski definition) is 0. The van der Waals surface area contributed by atoms with Crippen LogP contribution in [0.25, 0.3) is 12.2 Å². The van der Waals surface area contributed by atoms with Crippen molar-refractivity contribution < 1.29 is 9.47 Å². The van der Waals surface area contributed by atoms with E-state index in [1.54, 1.807) is 11.3 Å². The summed E-state index contributed by atoms with van der Waals surface area (Å²) in [5, 5.41) is 3.19. The van der Waals surface area contributed by atoms with Crippen LogP contribution < -0.4 is 4.50 Å². The Bertz CT molecular complexity index is 679. The summed E-state index contributed by atoms with van der Waals surface area (Å²) in [5.74, 6) is 0. The Kier molecular flexibility index (Phi) is 4.66. The van der Waals surface area contributed by atoms with Gasteiger partial charge in [-0.3, -0.25) is 0 Å². The topological polar surface area (TPSA) is 31.4 Å². The SMILES string of the molecule is Cc1nc(C=Cc2cc(C3OCCO3)c([Si](C)(C)C)s2)cs1. The number of nitrogens with zero attached hydrogens (tertiary/aromatic N) is 1. The van der Waals surface area contributed by atoms with E-state index in [1.165, 1.54) is 14.9 Å². The van der Waals surface area contributed by atoms with Crippen LogP contribution in [0.5, 0.6) is 0 Å². The van der Waals surface area contributed by atoms with Gasteiger partial charge >= 0.3 is 0 Å². The Labute approximate surface area is 140 Å². The van der Waals surface area contributed by atoms with Crippen molar-refractivity contribution in [2.75, 3.05) is 13.2 Å². The van der Waals surface area contributed by atoms with Crippen molar-refractivity contribution in [1.29, 1.82) is 0 Å². The zero-order valence-electron chi connectivity index (χ0n) is 13.4. The van der Waals surface area contributed by atoms with Crippen molar-refractivity contribution in [3.05, 3.63) is 32.6 Å². The zero-order valence-corrected chi connectivity index (χ0v) is 16.0. The highest BCUT2D eigenvalue weighted by atomic mass is 32.1. The molecule has 3 nitrogen and oxygen atoms in total. The van der Waals surface area contributed by atoms with Crippen LogP contribution in [0.3, 0.4) is 0 Å². The van der Waals surface area contributed by atoms with E-state index in [0.717, 1.165) is 10.7 Å². The minimum atomic E-state index is -1.42. The fourth-order valence-electron chi connectivity index (χ4n) is 2.43. The van der Waals surface area contributed by atoms with E-state index >= 15 is 0 Å². The molecule has 1 aliphatic rings. The van der Waals surface area contributed by atoms with Crippen LogP contribution >= 0.6 is 22.7 Å². The fraction of sp³-hybridized carbons (Fsp3) is 0.438. The molecule has 0 N–H and O–H groups in total. The molecule has 22 heavy (non-hydrogen) atoms. The van der Waals surface area contributed by atoms with Crippen molar-refractivity contribution >= 4 is 47.4 Å². The second-order valence-corrected chi connectivity index (χ2v) is 13.9. The van der Waals surface area contributed by atoms with Crippen LogP contribution in [-0.4, -0.2) is 26.3 Å². The number of ether oxygens (including phenoxy) is 2. The molecule has 0 unspecified atom stereocenters. The molecular weight excluding hydrogens is 330 g/mol. The Balaban J connectivity index is 1.90. The molecule has 1 fully saturated rings. The van der Waals surface area contributed by atoms with Gasteiger partial charge in [-0.05, 0) is 29.6 Å². The van der Waals surface area contributed by atoms with Gasteiger partial charge in [-0.25, -0.2) is 4.98 Å². The van der Waals surface area contributed by atoms with Gasteiger partial charge in [0.05, 0.1) is 32.0 Å². The highest BCUT2D eigenvalue weighted by molar-refractivity contribution is 7.27. The van der Waals surface area contributed by atoms with E-state index in [4.69, 9.17) is 9.47 Å². The van der Waals surface area contributed by atoms with Crippen LogP contribution in [0, 0.1) is 6.92 Å². The highest BCUT2D eigenvalue weighted by Crippen LogP contribution is 2.29. The Morgan fingerprint density at radius 1 is 1.23 bits per heavy atom. The van der Waals surface area contributed by atoms with Gasteiger partial charge in [0.2, 0.25) is 0 Å². The summed E-state index contributed by atoms with van der Waals surface area (Å²) in [4.78, 5) is 5.72. The van der Waals surface area contributed by atoms with Crippen molar-refractivity contribution in [3.63, 3.8) is 0 Å². The summed E-state index contributed by atoms with van der Waals surface area (Å²) >= 11 is 3.55. The molecule has 3 rings (SSSR count). The van der Waals surface area contributed by atoms with Gasteiger partial charge in [0.15, 0.2) is 6.29 Å². The summed E-state index contributed by atoms with van der Waals surface area (Å²) in [6, 6.07) is 2.23. The Hall–Kier alpha value is -0.793. The molecule has 0 radical (unpaired) electrons. The van der Waals surface area contributed by atoms with Gasteiger partial charge in [-0.2, -0.15) is 0 Å². The number of thiazole rings is 1. The van der Waals surface area contributed by atoms with Crippen LogP contribution in [0.4, 0.5) is 0 Å². The predicted molar refractivity (Wildman–Crippen MR) is 97.7 cm³/mol. The van der Waals surface area contributed by atoms with Gasteiger partial charge in [0, 0.05) is 15.8 Å². The van der Waals surface area contributed by atoms with Crippen LogP contribution in [-0.2, 0) is 9.47 Å². The molecule has 0 amide bonds. The first-order chi connectivity index (χ1) is 10.4. The van der Waals surface area contributed by atoms with Crippen LogP contribution in [0.15, 0.2) is 11.4 Å². The number of aromatic nitrogens is 1. The lowest BCUT2D eigenvalue weighted by molar-refractivity contribution is -0.0431. The summed E-state index contributed by atoms with van der Waals surface area (Å²) < 4.78 is 12.9. The van der Waals surface area contributed by atoms with E-state index < -0.39 is 8.07 Å². The van der Waals surface area contributed by atoms with Crippen LogP contribution in [0.2, 0.25) is 19.6 Å². The second-order valence-electron chi connectivity index (χ2n) is 6.38. The molecule has 0 bridgehead atoms. The second kappa shape index (κ2) is 6.37. The third-order valence-corrected chi connectivity index (χ3v) is 8.91. The normalized spacial score (nSPS) is 16.9. The molecule has 0 atom stereocenters. The number of thiophene rings is 1. The van der Waals surface area contributed by atoms with E-state index in [9.17, 15) is 0 Å². The van der Waals surface area contributed by atoms with Crippen molar-refractivity contribution in [2.24, 2.45) is 0 Å². The average Bonchev–Trinajstić information content (AvgIpc) is 3.15. The first-order valence-corrected chi connectivity index (χ1v) is 12.6. The molecule has 2 aromatic rings.